The Morgan fingerprint density at radius 3 is 2.25 bits per heavy atom. The number of aryl methyl sites for hydroxylation is 3. The first-order chi connectivity index (χ1) is 11.4. The average Bonchev–Trinajstić information content (AvgIpc) is 2.53. The SMILES string of the molecule is Cc1ccc([C@H](C)NC(=O)COC(=O)c2ccc(C)cc2C)cc1. The monoisotopic (exact) mass is 325 g/mol. The molecule has 0 radical (unpaired) electrons. The van der Waals surface area contributed by atoms with Gasteiger partial charge in [0, 0.05) is 0 Å². The number of nitrogens with one attached hydrogen (secondary N) is 1. The Morgan fingerprint density at radius 2 is 1.62 bits per heavy atom. The van der Waals surface area contributed by atoms with Gasteiger partial charge < -0.3 is 10.1 Å². The molecule has 4 nitrogen and oxygen atoms in total. The van der Waals surface area contributed by atoms with Crippen LogP contribution in [-0.4, -0.2) is 18.5 Å². The van der Waals surface area contributed by atoms with E-state index in [9.17, 15) is 9.59 Å². The highest BCUT2D eigenvalue weighted by atomic mass is 16.5. The summed E-state index contributed by atoms with van der Waals surface area (Å²) < 4.78 is 5.12. The molecule has 1 amide bonds. The smallest absolute Gasteiger partial charge is 0.338 e. The average molecular weight is 325 g/mol. The molecule has 2 aromatic carbocycles. The van der Waals surface area contributed by atoms with Crippen molar-refractivity contribution in [2.45, 2.75) is 33.7 Å². The van der Waals surface area contributed by atoms with Crippen molar-refractivity contribution in [2.75, 3.05) is 6.61 Å². The van der Waals surface area contributed by atoms with Crippen LogP contribution in [0.1, 0.15) is 45.6 Å². The van der Waals surface area contributed by atoms with Gasteiger partial charge in [-0.3, -0.25) is 4.79 Å². The van der Waals surface area contributed by atoms with Gasteiger partial charge in [-0.05, 0) is 44.9 Å². The number of rotatable bonds is 5. The van der Waals surface area contributed by atoms with Crippen LogP contribution in [0.15, 0.2) is 42.5 Å². The van der Waals surface area contributed by atoms with Crippen molar-refractivity contribution in [1.29, 1.82) is 0 Å². The first kappa shape index (κ1) is 17.7. The molecule has 0 heterocycles. The number of hydrogen-bond donors (Lipinski definition) is 1. The number of carbonyl (C=O) groups excluding carboxylic acids is 2. The minimum atomic E-state index is -0.481. The van der Waals surface area contributed by atoms with E-state index in [0.29, 0.717) is 5.56 Å². The third-order valence-corrected chi connectivity index (χ3v) is 3.89. The van der Waals surface area contributed by atoms with Crippen molar-refractivity contribution in [1.82, 2.24) is 5.32 Å². The lowest BCUT2D eigenvalue weighted by atomic mass is 10.1. The Hall–Kier alpha value is -2.62. The van der Waals surface area contributed by atoms with E-state index in [4.69, 9.17) is 4.74 Å². The van der Waals surface area contributed by atoms with E-state index in [1.54, 1.807) is 6.07 Å². The molecule has 0 aliphatic rings. The van der Waals surface area contributed by atoms with Gasteiger partial charge in [-0.25, -0.2) is 4.79 Å². The Balaban J connectivity index is 1.88. The summed E-state index contributed by atoms with van der Waals surface area (Å²) in [7, 11) is 0. The summed E-state index contributed by atoms with van der Waals surface area (Å²) in [4.78, 5) is 24.1. The molecule has 4 heteroatoms. The quantitative estimate of drug-likeness (QED) is 0.854. The molecule has 0 fully saturated rings. The van der Waals surface area contributed by atoms with Crippen LogP contribution >= 0.6 is 0 Å². The largest absolute Gasteiger partial charge is 0.452 e. The van der Waals surface area contributed by atoms with Gasteiger partial charge in [0.15, 0.2) is 6.61 Å². The van der Waals surface area contributed by atoms with Crippen molar-refractivity contribution >= 4 is 11.9 Å². The molecule has 0 saturated carbocycles. The summed E-state index contributed by atoms with van der Waals surface area (Å²) >= 11 is 0. The highest BCUT2D eigenvalue weighted by Gasteiger charge is 2.14. The number of amides is 1. The van der Waals surface area contributed by atoms with Gasteiger partial charge >= 0.3 is 5.97 Å². The second-order valence-corrected chi connectivity index (χ2v) is 6.09. The van der Waals surface area contributed by atoms with Crippen LogP contribution in [0.5, 0.6) is 0 Å². The zero-order valence-electron chi connectivity index (χ0n) is 14.6. The Kier molecular flexibility index (Phi) is 5.74. The number of benzene rings is 2. The molecule has 1 N–H and O–H groups in total. The number of hydrogen-bond acceptors (Lipinski definition) is 3. The molecule has 126 valence electrons. The van der Waals surface area contributed by atoms with E-state index >= 15 is 0 Å². The van der Waals surface area contributed by atoms with Crippen LogP contribution in [0.4, 0.5) is 0 Å². The van der Waals surface area contributed by atoms with Gasteiger partial charge in [0.25, 0.3) is 5.91 Å². The van der Waals surface area contributed by atoms with Crippen LogP contribution in [0.2, 0.25) is 0 Å². The standard InChI is InChI=1S/C20H23NO3/c1-13-5-8-17(9-6-13)16(4)21-19(22)12-24-20(23)18-10-7-14(2)11-15(18)3/h5-11,16H,12H2,1-4H3,(H,21,22)/t16-/m0/s1. The van der Waals surface area contributed by atoms with E-state index in [1.165, 1.54) is 5.56 Å². The topological polar surface area (TPSA) is 55.4 Å². The van der Waals surface area contributed by atoms with Crippen molar-refractivity contribution in [3.05, 3.63) is 70.3 Å². The lowest BCUT2D eigenvalue weighted by Crippen LogP contribution is -2.31. The lowest BCUT2D eigenvalue weighted by Gasteiger charge is -2.15. The molecule has 0 bridgehead atoms. The Morgan fingerprint density at radius 1 is 1.00 bits per heavy atom. The highest BCUT2D eigenvalue weighted by Crippen LogP contribution is 2.14. The number of esters is 1. The van der Waals surface area contributed by atoms with E-state index in [0.717, 1.165) is 16.7 Å². The zero-order valence-corrected chi connectivity index (χ0v) is 14.6. The van der Waals surface area contributed by atoms with Crippen LogP contribution in [-0.2, 0) is 9.53 Å². The molecule has 0 saturated heterocycles. The molecule has 2 rings (SSSR count). The van der Waals surface area contributed by atoms with E-state index in [2.05, 4.69) is 5.32 Å². The fraction of sp³-hybridized carbons (Fsp3) is 0.300. The van der Waals surface area contributed by atoms with Gasteiger partial charge in [-0.2, -0.15) is 0 Å². The molecule has 0 spiro atoms. The summed E-state index contributed by atoms with van der Waals surface area (Å²) in [5.74, 6) is -0.799. The van der Waals surface area contributed by atoms with Gasteiger partial charge in [0.1, 0.15) is 0 Å². The van der Waals surface area contributed by atoms with Crippen molar-refractivity contribution in [3.63, 3.8) is 0 Å². The normalized spacial score (nSPS) is 11.7. The fourth-order valence-electron chi connectivity index (χ4n) is 2.47. The third-order valence-electron chi connectivity index (χ3n) is 3.89. The molecular formula is C20H23NO3. The van der Waals surface area contributed by atoms with Gasteiger partial charge in [-0.1, -0.05) is 47.5 Å². The molecule has 0 aliphatic carbocycles. The summed E-state index contributed by atoms with van der Waals surface area (Å²) in [6.45, 7) is 7.43. The Labute approximate surface area is 142 Å². The maximum absolute atomic E-state index is 12.1. The third kappa shape index (κ3) is 4.69. The Bertz CT molecular complexity index is 735. The van der Waals surface area contributed by atoms with Crippen LogP contribution in [0, 0.1) is 20.8 Å². The second kappa shape index (κ2) is 7.77. The van der Waals surface area contributed by atoms with Crippen LogP contribution < -0.4 is 5.32 Å². The van der Waals surface area contributed by atoms with Gasteiger partial charge in [0.05, 0.1) is 11.6 Å². The predicted molar refractivity (Wildman–Crippen MR) is 93.9 cm³/mol. The van der Waals surface area contributed by atoms with E-state index in [-0.39, 0.29) is 18.6 Å². The fourth-order valence-corrected chi connectivity index (χ4v) is 2.47. The van der Waals surface area contributed by atoms with E-state index in [1.807, 2.05) is 64.1 Å². The molecule has 24 heavy (non-hydrogen) atoms. The molecule has 0 aromatic heterocycles. The maximum atomic E-state index is 12.1. The van der Waals surface area contributed by atoms with Crippen molar-refractivity contribution in [2.24, 2.45) is 0 Å². The minimum absolute atomic E-state index is 0.141. The van der Waals surface area contributed by atoms with Crippen molar-refractivity contribution < 1.29 is 14.3 Å². The molecule has 1 atom stereocenters. The highest BCUT2D eigenvalue weighted by molar-refractivity contribution is 5.92. The van der Waals surface area contributed by atoms with Crippen LogP contribution in [0.3, 0.4) is 0 Å². The summed E-state index contributed by atoms with van der Waals surface area (Å²) in [6.07, 6.45) is 0. The van der Waals surface area contributed by atoms with Crippen molar-refractivity contribution in [3.8, 4) is 0 Å². The minimum Gasteiger partial charge on any atom is -0.452 e. The zero-order chi connectivity index (χ0) is 17.7. The molecule has 0 unspecified atom stereocenters. The first-order valence-electron chi connectivity index (χ1n) is 7.97. The summed E-state index contributed by atoms with van der Waals surface area (Å²) in [6, 6.07) is 13.3. The molecule has 0 aliphatic heterocycles. The molecule has 2 aromatic rings. The van der Waals surface area contributed by atoms with E-state index < -0.39 is 5.97 Å². The summed E-state index contributed by atoms with van der Waals surface area (Å²) in [5, 5.41) is 2.83. The van der Waals surface area contributed by atoms with Gasteiger partial charge in [-0.15, -0.1) is 0 Å². The molecular weight excluding hydrogens is 302 g/mol. The maximum Gasteiger partial charge on any atom is 0.338 e. The summed E-state index contributed by atoms with van der Waals surface area (Å²) in [5.41, 5.74) is 4.58. The van der Waals surface area contributed by atoms with Gasteiger partial charge in [0.2, 0.25) is 0 Å². The first-order valence-corrected chi connectivity index (χ1v) is 7.97. The number of carbonyl (C=O) groups is 2. The predicted octanol–water partition coefficient (Wildman–Crippen LogP) is 3.65. The lowest BCUT2D eigenvalue weighted by molar-refractivity contribution is -0.124. The van der Waals surface area contributed by atoms with Crippen LogP contribution in [0.25, 0.3) is 0 Å². The number of ether oxygens (including phenoxy) is 1. The second-order valence-electron chi connectivity index (χ2n) is 6.09.